The molecule has 0 bridgehead atoms. The van der Waals surface area contributed by atoms with Gasteiger partial charge in [-0.05, 0) is 31.2 Å². The number of hydrogen-bond acceptors (Lipinski definition) is 5. The summed E-state index contributed by atoms with van der Waals surface area (Å²) in [5, 5.41) is 6.95. The van der Waals surface area contributed by atoms with E-state index in [1.165, 1.54) is 7.11 Å². The fourth-order valence-corrected chi connectivity index (χ4v) is 2.16. The molecule has 0 saturated heterocycles. The summed E-state index contributed by atoms with van der Waals surface area (Å²) in [5.41, 5.74) is -1.32. The Balaban J connectivity index is 2.54. The van der Waals surface area contributed by atoms with Crippen LogP contribution in [0.3, 0.4) is 0 Å². The number of nitrogens with one attached hydrogen (secondary N) is 1. The monoisotopic (exact) mass is 352 g/mol. The minimum atomic E-state index is -0.734. The first-order valence-corrected chi connectivity index (χ1v) is 7.64. The molecule has 0 spiro atoms. The van der Waals surface area contributed by atoms with Gasteiger partial charge in [0.25, 0.3) is 11.5 Å². The van der Waals surface area contributed by atoms with Crippen LogP contribution in [-0.2, 0) is 11.3 Å². The Kier molecular flexibility index (Phi) is 5.88. The molecule has 24 heavy (non-hydrogen) atoms. The van der Waals surface area contributed by atoms with Crippen LogP contribution >= 0.6 is 11.6 Å². The minimum absolute atomic E-state index is 0.117. The number of methoxy groups -OCH3 is 1. The highest BCUT2D eigenvalue weighted by Gasteiger charge is 2.19. The van der Waals surface area contributed by atoms with Crippen LogP contribution in [0.4, 0.5) is 0 Å². The molecule has 0 unspecified atom stereocenters. The van der Waals surface area contributed by atoms with Crippen LogP contribution in [0, 0.1) is 0 Å². The summed E-state index contributed by atoms with van der Waals surface area (Å²) < 4.78 is 6.80. The van der Waals surface area contributed by atoms with E-state index < -0.39 is 17.2 Å². The minimum Gasteiger partial charge on any atom is -0.383 e. The highest BCUT2D eigenvalue weighted by molar-refractivity contribution is 6.30. The van der Waals surface area contributed by atoms with Crippen molar-refractivity contribution >= 4 is 17.5 Å². The van der Waals surface area contributed by atoms with E-state index >= 15 is 0 Å². The highest BCUT2D eigenvalue weighted by Crippen LogP contribution is 2.11. The first-order chi connectivity index (χ1) is 11.5. The summed E-state index contributed by atoms with van der Waals surface area (Å²) in [7, 11) is 1.50. The zero-order valence-electron chi connectivity index (χ0n) is 13.3. The molecule has 128 valence electrons. The predicted octanol–water partition coefficient (Wildman–Crippen LogP) is 0.444. The molecule has 2 aromatic rings. The average Bonchev–Trinajstić information content (AvgIpc) is 2.57. The van der Waals surface area contributed by atoms with Crippen molar-refractivity contribution in [3.05, 3.63) is 55.8 Å². The third kappa shape index (κ3) is 3.72. The van der Waals surface area contributed by atoms with Gasteiger partial charge in [-0.3, -0.25) is 14.2 Å². The fraction of sp³-hybridized carbons (Fsp3) is 0.333. The maximum atomic E-state index is 12.4. The van der Waals surface area contributed by atoms with E-state index in [4.69, 9.17) is 16.3 Å². The van der Waals surface area contributed by atoms with Crippen molar-refractivity contribution in [1.82, 2.24) is 19.7 Å². The van der Waals surface area contributed by atoms with Crippen molar-refractivity contribution < 1.29 is 9.53 Å². The van der Waals surface area contributed by atoms with Crippen molar-refractivity contribution in [2.45, 2.75) is 13.5 Å². The third-order valence-corrected chi connectivity index (χ3v) is 3.51. The second-order valence-corrected chi connectivity index (χ2v) is 5.25. The number of ether oxygens (including phenoxy) is 1. The van der Waals surface area contributed by atoms with Gasteiger partial charge in [0, 0.05) is 25.2 Å². The van der Waals surface area contributed by atoms with E-state index in [1.807, 2.05) is 0 Å². The largest absolute Gasteiger partial charge is 0.383 e. The van der Waals surface area contributed by atoms with Crippen molar-refractivity contribution in [3.8, 4) is 5.69 Å². The maximum Gasteiger partial charge on any atom is 0.352 e. The molecule has 2 rings (SSSR count). The van der Waals surface area contributed by atoms with Crippen molar-refractivity contribution in [1.29, 1.82) is 0 Å². The first kappa shape index (κ1) is 17.9. The molecule has 1 heterocycles. The predicted molar refractivity (Wildman–Crippen MR) is 89.0 cm³/mol. The van der Waals surface area contributed by atoms with Crippen molar-refractivity contribution in [2.75, 3.05) is 20.3 Å². The van der Waals surface area contributed by atoms with Crippen LogP contribution in [-0.4, -0.2) is 40.5 Å². The molecular weight excluding hydrogens is 336 g/mol. The van der Waals surface area contributed by atoms with E-state index in [0.29, 0.717) is 17.3 Å². The number of nitrogens with zero attached hydrogens (tertiary/aromatic N) is 3. The van der Waals surface area contributed by atoms with Crippen LogP contribution in [0.25, 0.3) is 5.69 Å². The van der Waals surface area contributed by atoms with Crippen LogP contribution in [0.2, 0.25) is 5.02 Å². The van der Waals surface area contributed by atoms with Gasteiger partial charge in [0.2, 0.25) is 5.69 Å². The summed E-state index contributed by atoms with van der Waals surface area (Å²) in [6.07, 6.45) is 0. The number of rotatable bonds is 6. The molecule has 0 aliphatic heterocycles. The molecule has 0 atom stereocenters. The van der Waals surface area contributed by atoms with Crippen LogP contribution in [0.15, 0.2) is 33.9 Å². The standard InChI is InChI=1S/C15H17ClN4O4/c1-3-19-14(22)12(13(21)17-8-9-24-2)18-20(15(19)23)11-6-4-10(16)5-7-11/h4-7H,3,8-9H2,1-2H3,(H,17,21). The smallest absolute Gasteiger partial charge is 0.352 e. The SMILES string of the molecule is CCn1c(=O)c(C(=O)NCCOC)nn(-c2ccc(Cl)cc2)c1=O. The Hall–Kier alpha value is -2.45. The number of carbonyl (C=O) groups is 1. The summed E-state index contributed by atoms with van der Waals surface area (Å²) >= 11 is 5.84. The van der Waals surface area contributed by atoms with Gasteiger partial charge in [0.15, 0.2) is 0 Å². The molecule has 8 nitrogen and oxygen atoms in total. The van der Waals surface area contributed by atoms with Crippen LogP contribution < -0.4 is 16.6 Å². The van der Waals surface area contributed by atoms with Gasteiger partial charge in [-0.1, -0.05) is 11.6 Å². The molecule has 0 fully saturated rings. The summed E-state index contributed by atoms with van der Waals surface area (Å²) in [6.45, 7) is 2.28. The van der Waals surface area contributed by atoms with Crippen molar-refractivity contribution in [2.24, 2.45) is 0 Å². The summed E-state index contributed by atoms with van der Waals surface area (Å²) in [6, 6.07) is 6.33. The molecule has 0 radical (unpaired) electrons. The van der Waals surface area contributed by atoms with E-state index in [-0.39, 0.29) is 18.8 Å². The number of benzene rings is 1. The zero-order valence-corrected chi connectivity index (χ0v) is 14.0. The molecule has 1 aromatic heterocycles. The molecular formula is C15H17ClN4O4. The van der Waals surface area contributed by atoms with E-state index in [2.05, 4.69) is 10.4 Å². The van der Waals surface area contributed by atoms with Gasteiger partial charge in [-0.2, -0.15) is 9.78 Å². The third-order valence-electron chi connectivity index (χ3n) is 3.25. The van der Waals surface area contributed by atoms with Crippen molar-refractivity contribution in [3.63, 3.8) is 0 Å². The van der Waals surface area contributed by atoms with Gasteiger partial charge in [-0.25, -0.2) is 4.79 Å². The number of amides is 1. The number of hydrogen-bond donors (Lipinski definition) is 1. The fourth-order valence-electron chi connectivity index (χ4n) is 2.04. The quantitative estimate of drug-likeness (QED) is 0.761. The Labute approximate surface area is 142 Å². The molecule has 0 saturated carbocycles. The van der Waals surface area contributed by atoms with E-state index in [1.54, 1.807) is 31.2 Å². The number of carbonyl (C=O) groups excluding carboxylic acids is 1. The zero-order chi connectivity index (χ0) is 17.7. The molecule has 1 amide bonds. The number of aromatic nitrogens is 3. The average molecular weight is 353 g/mol. The Morgan fingerprint density at radius 1 is 1.29 bits per heavy atom. The maximum absolute atomic E-state index is 12.4. The van der Waals surface area contributed by atoms with Gasteiger partial charge >= 0.3 is 5.69 Å². The second kappa shape index (κ2) is 7.89. The van der Waals surface area contributed by atoms with E-state index in [0.717, 1.165) is 9.25 Å². The molecule has 0 aliphatic carbocycles. The molecule has 0 aliphatic rings. The lowest BCUT2D eigenvalue weighted by atomic mass is 10.3. The highest BCUT2D eigenvalue weighted by atomic mass is 35.5. The molecule has 1 aromatic carbocycles. The second-order valence-electron chi connectivity index (χ2n) is 4.82. The lowest BCUT2D eigenvalue weighted by Crippen LogP contribution is -2.45. The van der Waals surface area contributed by atoms with E-state index in [9.17, 15) is 14.4 Å². The lowest BCUT2D eigenvalue weighted by molar-refractivity contribution is 0.0927. The molecule has 9 heteroatoms. The normalized spacial score (nSPS) is 10.6. The van der Waals surface area contributed by atoms with Gasteiger partial charge in [0.1, 0.15) is 0 Å². The topological polar surface area (TPSA) is 95.2 Å². The first-order valence-electron chi connectivity index (χ1n) is 7.26. The lowest BCUT2D eigenvalue weighted by Gasteiger charge is -2.11. The Morgan fingerprint density at radius 3 is 2.54 bits per heavy atom. The van der Waals surface area contributed by atoms with Gasteiger partial charge in [-0.15, -0.1) is 0 Å². The Bertz CT molecular complexity index is 842. The van der Waals surface area contributed by atoms with Gasteiger partial charge < -0.3 is 10.1 Å². The molecule has 1 N–H and O–H groups in total. The van der Waals surface area contributed by atoms with Gasteiger partial charge in [0.05, 0.1) is 12.3 Å². The van der Waals surface area contributed by atoms with Crippen LogP contribution in [0.1, 0.15) is 17.4 Å². The number of halogens is 1. The van der Waals surface area contributed by atoms with Crippen LogP contribution in [0.5, 0.6) is 0 Å². The summed E-state index contributed by atoms with van der Waals surface area (Å²) in [4.78, 5) is 36.9. The summed E-state index contributed by atoms with van der Waals surface area (Å²) in [5.74, 6) is -0.665. The Morgan fingerprint density at radius 2 is 1.96 bits per heavy atom.